The molecular formula is C14H26N2O3. The summed E-state index contributed by atoms with van der Waals surface area (Å²) in [5.41, 5.74) is 0. The minimum atomic E-state index is -0.828. The van der Waals surface area contributed by atoms with Crippen LogP contribution in [0.5, 0.6) is 0 Å². The monoisotopic (exact) mass is 270 g/mol. The highest BCUT2D eigenvalue weighted by Crippen LogP contribution is 2.28. The average Bonchev–Trinajstić information content (AvgIpc) is 2.85. The molecule has 0 aromatic carbocycles. The number of hydrogen-bond acceptors (Lipinski definition) is 2. The second-order valence-electron chi connectivity index (χ2n) is 5.53. The number of nitrogens with one attached hydrogen (secondary N) is 2. The summed E-state index contributed by atoms with van der Waals surface area (Å²) in [6.45, 7) is 2.52. The zero-order chi connectivity index (χ0) is 14.1. The van der Waals surface area contributed by atoms with Crippen molar-refractivity contribution in [3.63, 3.8) is 0 Å². The van der Waals surface area contributed by atoms with Crippen LogP contribution < -0.4 is 10.6 Å². The number of carbonyl (C=O) groups is 2. The molecule has 2 amide bonds. The zero-order valence-electron chi connectivity index (χ0n) is 11.8. The van der Waals surface area contributed by atoms with Crippen LogP contribution >= 0.6 is 0 Å². The predicted molar refractivity (Wildman–Crippen MR) is 74.1 cm³/mol. The van der Waals surface area contributed by atoms with Gasteiger partial charge in [-0.25, -0.2) is 4.79 Å². The van der Waals surface area contributed by atoms with E-state index in [2.05, 4.69) is 10.6 Å². The fourth-order valence-electron chi connectivity index (χ4n) is 2.58. The fraction of sp³-hybridized carbons (Fsp3) is 0.857. The van der Waals surface area contributed by atoms with E-state index in [1.165, 1.54) is 32.1 Å². The van der Waals surface area contributed by atoms with Gasteiger partial charge in [-0.05, 0) is 32.1 Å². The number of aliphatic carboxylic acids is 1. The number of carboxylic acid groups (broad SMARTS) is 1. The van der Waals surface area contributed by atoms with E-state index >= 15 is 0 Å². The Morgan fingerprint density at radius 2 is 2.00 bits per heavy atom. The average molecular weight is 270 g/mol. The van der Waals surface area contributed by atoms with E-state index in [9.17, 15) is 9.59 Å². The first kappa shape index (κ1) is 15.8. The van der Waals surface area contributed by atoms with Crippen LogP contribution in [-0.2, 0) is 4.79 Å². The van der Waals surface area contributed by atoms with Crippen LogP contribution in [0.1, 0.15) is 58.3 Å². The topological polar surface area (TPSA) is 78.4 Å². The lowest BCUT2D eigenvalue weighted by Crippen LogP contribution is -2.41. The lowest BCUT2D eigenvalue weighted by Gasteiger charge is -2.14. The molecule has 110 valence electrons. The van der Waals surface area contributed by atoms with Crippen LogP contribution in [0, 0.1) is 5.92 Å². The lowest BCUT2D eigenvalue weighted by atomic mass is 10.0. The molecule has 1 rings (SSSR count). The van der Waals surface area contributed by atoms with Crippen molar-refractivity contribution < 1.29 is 14.7 Å². The van der Waals surface area contributed by atoms with Crippen molar-refractivity contribution >= 4 is 12.0 Å². The molecule has 1 unspecified atom stereocenters. The molecule has 19 heavy (non-hydrogen) atoms. The van der Waals surface area contributed by atoms with Gasteiger partial charge in [0.2, 0.25) is 0 Å². The minimum Gasteiger partial charge on any atom is -0.481 e. The lowest BCUT2D eigenvalue weighted by molar-refractivity contribution is -0.137. The molecule has 1 fully saturated rings. The molecule has 1 aliphatic carbocycles. The van der Waals surface area contributed by atoms with Crippen molar-refractivity contribution in [1.29, 1.82) is 0 Å². The second-order valence-corrected chi connectivity index (χ2v) is 5.53. The number of carbonyl (C=O) groups excluding carboxylic acids is 1. The second kappa shape index (κ2) is 8.77. The first-order valence-electron chi connectivity index (χ1n) is 7.34. The molecule has 1 aliphatic rings. The maximum atomic E-state index is 11.5. The quantitative estimate of drug-likeness (QED) is 0.593. The van der Waals surface area contributed by atoms with Gasteiger partial charge in [0.25, 0.3) is 0 Å². The summed E-state index contributed by atoms with van der Waals surface area (Å²) in [7, 11) is 0. The summed E-state index contributed by atoms with van der Waals surface area (Å²) in [4.78, 5) is 21.9. The fourth-order valence-corrected chi connectivity index (χ4v) is 2.58. The van der Waals surface area contributed by atoms with Gasteiger partial charge in [0.1, 0.15) is 0 Å². The third kappa shape index (κ3) is 7.70. The number of amides is 2. The Hall–Kier alpha value is -1.26. The summed E-state index contributed by atoms with van der Waals surface area (Å²) in [5, 5.41) is 14.1. The Labute approximate surface area is 115 Å². The van der Waals surface area contributed by atoms with Gasteiger partial charge in [-0.2, -0.15) is 0 Å². The molecule has 0 heterocycles. The Kier molecular flexibility index (Phi) is 7.30. The molecule has 0 aromatic rings. The molecule has 0 bridgehead atoms. The van der Waals surface area contributed by atoms with Gasteiger partial charge in [0, 0.05) is 19.0 Å². The summed E-state index contributed by atoms with van der Waals surface area (Å²) >= 11 is 0. The third-order valence-electron chi connectivity index (χ3n) is 3.72. The summed E-state index contributed by atoms with van der Waals surface area (Å²) < 4.78 is 0. The Morgan fingerprint density at radius 3 is 2.63 bits per heavy atom. The van der Waals surface area contributed by atoms with Gasteiger partial charge >= 0.3 is 12.0 Å². The van der Waals surface area contributed by atoms with Crippen molar-refractivity contribution in [3.05, 3.63) is 0 Å². The molecular weight excluding hydrogens is 244 g/mol. The normalized spacial score (nSPS) is 17.1. The smallest absolute Gasteiger partial charge is 0.314 e. The Balaban J connectivity index is 1.98. The largest absolute Gasteiger partial charge is 0.481 e. The summed E-state index contributed by atoms with van der Waals surface area (Å²) in [6, 6.07) is -0.296. The highest BCUT2D eigenvalue weighted by Gasteiger charge is 2.14. The van der Waals surface area contributed by atoms with Gasteiger partial charge in [-0.15, -0.1) is 0 Å². The highest BCUT2D eigenvalue weighted by atomic mass is 16.4. The molecule has 0 saturated heterocycles. The predicted octanol–water partition coefficient (Wildman–Crippen LogP) is 2.51. The molecule has 0 aromatic heterocycles. The van der Waals surface area contributed by atoms with Crippen molar-refractivity contribution in [2.24, 2.45) is 5.92 Å². The zero-order valence-corrected chi connectivity index (χ0v) is 11.8. The summed E-state index contributed by atoms with van der Waals surface area (Å²) in [5.74, 6) is 0.0324. The van der Waals surface area contributed by atoms with E-state index in [4.69, 9.17) is 5.11 Å². The van der Waals surface area contributed by atoms with Gasteiger partial charge in [0.05, 0.1) is 0 Å². The van der Waals surface area contributed by atoms with Crippen molar-refractivity contribution in [2.75, 3.05) is 6.54 Å². The Morgan fingerprint density at radius 1 is 1.32 bits per heavy atom. The molecule has 0 spiro atoms. The van der Waals surface area contributed by atoms with E-state index in [0.717, 1.165) is 12.3 Å². The minimum absolute atomic E-state index is 0.0864. The molecule has 0 aliphatic heterocycles. The molecule has 3 N–H and O–H groups in total. The van der Waals surface area contributed by atoms with Crippen molar-refractivity contribution in [1.82, 2.24) is 10.6 Å². The van der Waals surface area contributed by atoms with Crippen LogP contribution in [0.25, 0.3) is 0 Å². The molecule has 5 nitrogen and oxygen atoms in total. The van der Waals surface area contributed by atoms with Crippen LogP contribution in [0.2, 0.25) is 0 Å². The SMILES string of the molecule is CC(CCC(=O)O)NC(=O)NCCCC1CCCC1. The van der Waals surface area contributed by atoms with Crippen LogP contribution in [0.15, 0.2) is 0 Å². The van der Waals surface area contributed by atoms with E-state index in [0.29, 0.717) is 13.0 Å². The maximum absolute atomic E-state index is 11.5. The molecule has 0 radical (unpaired) electrons. The summed E-state index contributed by atoms with van der Waals surface area (Å²) in [6.07, 6.45) is 8.20. The van der Waals surface area contributed by atoms with E-state index in [1.807, 2.05) is 6.92 Å². The van der Waals surface area contributed by atoms with Crippen LogP contribution in [-0.4, -0.2) is 29.7 Å². The number of rotatable bonds is 8. The van der Waals surface area contributed by atoms with Gasteiger partial charge in [0.15, 0.2) is 0 Å². The number of carboxylic acids is 1. The first-order valence-corrected chi connectivity index (χ1v) is 7.34. The van der Waals surface area contributed by atoms with Gasteiger partial charge < -0.3 is 15.7 Å². The van der Waals surface area contributed by atoms with E-state index in [-0.39, 0.29) is 18.5 Å². The molecule has 5 heteroatoms. The van der Waals surface area contributed by atoms with Gasteiger partial charge in [-0.1, -0.05) is 25.7 Å². The molecule has 1 atom stereocenters. The van der Waals surface area contributed by atoms with E-state index in [1.54, 1.807) is 0 Å². The van der Waals surface area contributed by atoms with Crippen molar-refractivity contribution in [2.45, 2.75) is 64.3 Å². The standard InChI is InChI=1S/C14H26N2O3/c1-11(8-9-13(17)18)16-14(19)15-10-4-7-12-5-2-3-6-12/h11-12H,2-10H2,1H3,(H,17,18)(H2,15,16,19). The van der Waals surface area contributed by atoms with Gasteiger partial charge in [-0.3, -0.25) is 4.79 Å². The first-order chi connectivity index (χ1) is 9.08. The third-order valence-corrected chi connectivity index (χ3v) is 3.72. The highest BCUT2D eigenvalue weighted by molar-refractivity contribution is 5.74. The maximum Gasteiger partial charge on any atom is 0.314 e. The molecule has 1 saturated carbocycles. The number of urea groups is 1. The van der Waals surface area contributed by atoms with Crippen molar-refractivity contribution in [3.8, 4) is 0 Å². The Bertz CT molecular complexity index is 288. The van der Waals surface area contributed by atoms with Crippen LogP contribution in [0.4, 0.5) is 4.79 Å². The van der Waals surface area contributed by atoms with Crippen LogP contribution in [0.3, 0.4) is 0 Å². The number of hydrogen-bond donors (Lipinski definition) is 3. The van der Waals surface area contributed by atoms with E-state index < -0.39 is 5.97 Å².